The molecule has 1 aromatic rings. The lowest BCUT2D eigenvalue weighted by Gasteiger charge is -2.18. The van der Waals surface area contributed by atoms with Crippen LogP contribution in [0.1, 0.15) is 30.6 Å². The molecule has 21 heavy (non-hydrogen) atoms. The summed E-state index contributed by atoms with van der Waals surface area (Å²) in [4.78, 5) is 23.1. The molecule has 0 radical (unpaired) electrons. The number of carbonyl (C=O) groups is 2. The van der Waals surface area contributed by atoms with E-state index in [1.807, 2.05) is 0 Å². The van der Waals surface area contributed by atoms with E-state index in [1.165, 1.54) is 0 Å². The Hall–Kier alpha value is -2.24. The normalized spacial score (nSPS) is 16.5. The summed E-state index contributed by atoms with van der Waals surface area (Å²) >= 11 is 0. The summed E-state index contributed by atoms with van der Waals surface area (Å²) < 4.78 is 11.0. The number of ether oxygens (including phenoxy) is 2. The molecular weight excluding hydrogens is 274 g/mol. The SMILES string of the molecule is CC(NC(=O)c1ccc2c(c1)OCCCO2)C(C)C(=O)O. The maximum absolute atomic E-state index is 12.2. The van der Waals surface area contributed by atoms with Crippen LogP contribution >= 0.6 is 0 Å². The van der Waals surface area contributed by atoms with E-state index < -0.39 is 17.9 Å². The topological polar surface area (TPSA) is 84.9 Å². The van der Waals surface area contributed by atoms with Gasteiger partial charge in [0.25, 0.3) is 5.91 Å². The monoisotopic (exact) mass is 293 g/mol. The Morgan fingerprint density at radius 2 is 1.86 bits per heavy atom. The number of aliphatic carboxylic acids is 1. The van der Waals surface area contributed by atoms with Gasteiger partial charge in [0, 0.05) is 18.0 Å². The Balaban J connectivity index is 2.09. The van der Waals surface area contributed by atoms with Crippen LogP contribution in [-0.4, -0.2) is 36.2 Å². The lowest BCUT2D eigenvalue weighted by molar-refractivity contribution is -0.141. The van der Waals surface area contributed by atoms with E-state index in [1.54, 1.807) is 32.0 Å². The molecule has 1 aromatic carbocycles. The van der Waals surface area contributed by atoms with Crippen molar-refractivity contribution in [2.24, 2.45) is 5.92 Å². The fourth-order valence-corrected chi connectivity index (χ4v) is 1.93. The fraction of sp³-hybridized carbons (Fsp3) is 0.467. The molecule has 0 aliphatic carbocycles. The van der Waals surface area contributed by atoms with Crippen LogP contribution in [0.25, 0.3) is 0 Å². The van der Waals surface area contributed by atoms with Gasteiger partial charge in [0.1, 0.15) is 0 Å². The Kier molecular flexibility index (Phi) is 4.67. The average Bonchev–Trinajstić information content (AvgIpc) is 2.70. The first-order valence-corrected chi connectivity index (χ1v) is 6.92. The van der Waals surface area contributed by atoms with Gasteiger partial charge in [0.2, 0.25) is 0 Å². The zero-order valence-electron chi connectivity index (χ0n) is 12.1. The second-order valence-electron chi connectivity index (χ2n) is 5.10. The van der Waals surface area contributed by atoms with Gasteiger partial charge < -0.3 is 19.9 Å². The molecule has 2 unspecified atom stereocenters. The van der Waals surface area contributed by atoms with E-state index in [4.69, 9.17) is 14.6 Å². The zero-order valence-corrected chi connectivity index (χ0v) is 12.1. The van der Waals surface area contributed by atoms with E-state index in [9.17, 15) is 9.59 Å². The van der Waals surface area contributed by atoms with Crippen molar-refractivity contribution in [1.82, 2.24) is 5.32 Å². The van der Waals surface area contributed by atoms with Crippen LogP contribution < -0.4 is 14.8 Å². The molecule has 1 heterocycles. The standard InChI is InChI=1S/C15H19NO5/c1-9(15(18)19)10(2)16-14(17)11-4-5-12-13(8-11)21-7-3-6-20-12/h4-5,8-10H,3,6-7H2,1-2H3,(H,16,17)(H,18,19). The van der Waals surface area contributed by atoms with Gasteiger partial charge in [-0.2, -0.15) is 0 Å². The summed E-state index contributed by atoms with van der Waals surface area (Å²) in [5, 5.41) is 11.6. The first-order chi connectivity index (χ1) is 9.99. The molecule has 0 aromatic heterocycles. The molecule has 0 spiro atoms. The highest BCUT2D eigenvalue weighted by Crippen LogP contribution is 2.30. The van der Waals surface area contributed by atoms with Crippen molar-refractivity contribution in [3.63, 3.8) is 0 Å². The molecule has 0 saturated heterocycles. The number of hydrogen-bond donors (Lipinski definition) is 2. The smallest absolute Gasteiger partial charge is 0.308 e. The van der Waals surface area contributed by atoms with Crippen molar-refractivity contribution < 1.29 is 24.2 Å². The molecular formula is C15H19NO5. The summed E-state index contributed by atoms with van der Waals surface area (Å²) in [7, 11) is 0. The van der Waals surface area contributed by atoms with E-state index >= 15 is 0 Å². The fourth-order valence-electron chi connectivity index (χ4n) is 1.93. The second-order valence-corrected chi connectivity index (χ2v) is 5.10. The van der Waals surface area contributed by atoms with Gasteiger partial charge in [-0.3, -0.25) is 9.59 Å². The molecule has 6 nitrogen and oxygen atoms in total. The molecule has 2 atom stereocenters. The summed E-state index contributed by atoms with van der Waals surface area (Å²) in [5.74, 6) is -0.767. The quantitative estimate of drug-likeness (QED) is 0.882. The van der Waals surface area contributed by atoms with Gasteiger partial charge >= 0.3 is 5.97 Å². The third-order valence-electron chi connectivity index (χ3n) is 3.51. The second kappa shape index (κ2) is 6.47. The van der Waals surface area contributed by atoms with Crippen LogP contribution in [0.3, 0.4) is 0 Å². The molecule has 2 N–H and O–H groups in total. The summed E-state index contributed by atoms with van der Waals surface area (Å²) in [6, 6.07) is 4.49. The summed E-state index contributed by atoms with van der Waals surface area (Å²) in [6.45, 7) is 4.36. The van der Waals surface area contributed by atoms with Crippen molar-refractivity contribution in [3.05, 3.63) is 23.8 Å². The highest BCUT2D eigenvalue weighted by molar-refractivity contribution is 5.95. The number of fused-ring (bicyclic) bond motifs is 1. The number of carbonyl (C=O) groups excluding carboxylic acids is 1. The molecule has 1 aliphatic heterocycles. The number of hydrogen-bond acceptors (Lipinski definition) is 4. The van der Waals surface area contributed by atoms with Gasteiger partial charge in [0.15, 0.2) is 11.5 Å². The highest BCUT2D eigenvalue weighted by atomic mass is 16.5. The molecule has 2 rings (SSSR count). The summed E-state index contributed by atoms with van der Waals surface area (Å²) in [6.07, 6.45) is 0.795. The minimum atomic E-state index is -0.943. The van der Waals surface area contributed by atoms with Gasteiger partial charge in [-0.05, 0) is 32.0 Å². The van der Waals surface area contributed by atoms with Gasteiger partial charge in [-0.15, -0.1) is 0 Å². The first-order valence-electron chi connectivity index (χ1n) is 6.92. The first kappa shape index (κ1) is 15.2. The van der Waals surface area contributed by atoms with Crippen molar-refractivity contribution in [3.8, 4) is 11.5 Å². The third kappa shape index (κ3) is 3.65. The number of nitrogens with one attached hydrogen (secondary N) is 1. The Bertz CT molecular complexity index is 543. The molecule has 0 bridgehead atoms. The van der Waals surface area contributed by atoms with Crippen molar-refractivity contribution in [1.29, 1.82) is 0 Å². The van der Waals surface area contributed by atoms with Gasteiger partial charge in [-0.1, -0.05) is 0 Å². The zero-order chi connectivity index (χ0) is 15.4. The van der Waals surface area contributed by atoms with Gasteiger partial charge in [-0.25, -0.2) is 0 Å². The maximum atomic E-state index is 12.2. The number of carboxylic acid groups (broad SMARTS) is 1. The Labute approximate surface area is 123 Å². The molecule has 6 heteroatoms. The minimum absolute atomic E-state index is 0.328. The van der Waals surface area contributed by atoms with E-state index in [2.05, 4.69) is 5.32 Å². The minimum Gasteiger partial charge on any atom is -0.490 e. The lowest BCUT2D eigenvalue weighted by Crippen LogP contribution is -2.40. The predicted octanol–water partition coefficient (Wildman–Crippen LogP) is 1.69. The predicted molar refractivity (Wildman–Crippen MR) is 75.8 cm³/mol. The molecule has 1 aliphatic rings. The Morgan fingerprint density at radius 3 is 2.52 bits per heavy atom. The van der Waals surface area contributed by atoms with E-state index in [-0.39, 0.29) is 5.91 Å². The highest BCUT2D eigenvalue weighted by Gasteiger charge is 2.22. The molecule has 1 amide bonds. The van der Waals surface area contributed by atoms with Crippen LogP contribution in [0.4, 0.5) is 0 Å². The molecule has 0 saturated carbocycles. The van der Waals surface area contributed by atoms with Crippen molar-refractivity contribution in [2.75, 3.05) is 13.2 Å². The largest absolute Gasteiger partial charge is 0.490 e. The van der Waals surface area contributed by atoms with Gasteiger partial charge in [0.05, 0.1) is 19.1 Å². The van der Waals surface area contributed by atoms with Crippen LogP contribution in [0.5, 0.6) is 11.5 Å². The maximum Gasteiger partial charge on any atom is 0.308 e. The number of carboxylic acids is 1. The Morgan fingerprint density at radius 1 is 1.19 bits per heavy atom. The van der Waals surface area contributed by atoms with Crippen LogP contribution in [0, 0.1) is 5.92 Å². The van der Waals surface area contributed by atoms with Crippen molar-refractivity contribution >= 4 is 11.9 Å². The number of benzene rings is 1. The average molecular weight is 293 g/mol. The lowest BCUT2D eigenvalue weighted by atomic mass is 10.0. The van der Waals surface area contributed by atoms with Crippen LogP contribution in [0.2, 0.25) is 0 Å². The van der Waals surface area contributed by atoms with Crippen LogP contribution in [-0.2, 0) is 4.79 Å². The number of rotatable bonds is 4. The molecule has 114 valence electrons. The summed E-state index contributed by atoms with van der Waals surface area (Å²) in [5.41, 5.74) is 0.420. The number of amides is 1. The van der Waals surface area contributed by atoms with Crippen LogP contribution in [0.15, 0.2) is 18.2 Å². The van der Waals surface area contributed by atoms with Crippen molar-refractivity contribution in [2.45, 2.75) is 26.3 Å². The third-order valence-corrected chi connectivity index (χ3v) is 3.51. The molecule has 0 fully saturated rings. The van der Waals surface area contributed by atoms with E-state index in [0.29, 0.717) is 30.3 Å². The van der Waals surface area contributed by atoms with E-state index in [0.717, 1.165) is 6.42 Å².